The number of hydrogen-bond donors (Lipinski definition) is 1. The minimum Gasteiger partial charge on any atom is -0.314 e. The van der Waals surface area contributed by atoms with Crippen molar-refractivity contribution in [3.63, 3.8) is 0 Å². The molecule has 24 heavy (non-hydrogen) atoms. The fraction of sp³-hybridized carbons (Fsp3) is 0.125. The smallest absolute Gasteiger partial charge is 0.225 e. The van der Waals surface area contributed by atoms with Crippen molar-refractivity contribution in [1.29, 1.82) is 0 Å². The summed E-state index contributed by atoms with van der Waals surface area (Å²) in [6, 6.07) is 11.6. The molecule has 0 saturated heterocycles. The van der Waals surface area contributed by atoms with Crippen LogP contribution in [0.3, 0.4) is 0 Å². The second-order valence-corrected chi connectivity index (χ2v) is 7.36. The van der Waals surface area contributed by atoms with Crippen molar-refractivity contribution in [2.24, 2.45) is 0 Å². The van der Waals surface area contributed by atoms with Gasteiger partial charge in [-0.15, -0.1) is 0 Å². The van der Waals surface area contributed by atoms with E-state index in [-0.39, 0.29) is 9.92 Å². The Balaban J connectivity index is 2.23. The summed E-state index contributed by atoms with van der Waals surface area (Å²) in [6.45, 7) is 0.438. The van der Waals surface area contributed by atoms with Gasteiger partial charge in [0.1, 0.15) is 0 Å². The highest BCUT2D eigenvalue weighted by molar-refractivity contribution is 7.91. The fourth-order valence-electron chi connectivity index (χ4n) is 2.29. The van der Waals surface area contributed by atoms with Gasteiger partial charge < -0.3 is 5.32 Å². The molecule has 2 aromatic heterocycles. The molecule has 0 fully saturated rings. The third kappa shape index (κ3) is 3.06. The molecule has 0 unspecified atom stereocenters. The van der Waals surface area contributed by atoms with Gasteiger partial charge in [0.15, 0.2) is 5.03 Å². The fourth-order valence-corrected chi connectivity index (χ4v) is 3.86. The summed E-state index contributed by atoms with van der Waals surface area (Å²) >= 11 is 6.23. The lowest BCUT2D eigenvalue weighted by Gasteiger charge is -2.09. The Morgan fingerprint density at radius 1 is 1.21 bits per heavy atom. The van der Waals surface area contributed by atoms with Crippen molar-refractivity contribution in [2.45, 2.75) is 16.5 Å². The van der Waals surface area contributed by atoms with Gasteiger partial charge in [0.25, 0.3) is 0 Å². The number of benzene rings is 1. The summed E-state index contributed by atoms with van der Waals surface area (Å²) in [7, 11) is -2.01. The monoisotopic (exact) mass is 362 g/mol. The quantitative estimate of drug-likeness (QED) is 0.754. The van der Waals surface area contributed by atoms with Gasteiger partial charge in [-0.2, -0.15) is 5.10 Å². The predicted octanol–water partition coefficient (Wildman–Crippen LogP) is 2.47. The van der Waals surface area contributed by atoms with Crippen LogP contribution in [0.2, 0.25) is 5.02 Å². The molecular formula is C16H15ClN4O2S. The van der Waals surface area contributed by atoms with E-state index >= 15 is 0 Å². The lowest BCUT2D eigenvalue weighted by atomic mass is 10.3. The molecule has 0 aliphatic carbocycles. The highest BCUT2D eigenvalue weighted by Gasteiger charge is 2.25. The lowest BCUT2D eigenvalue weighted by Crippen LogP contribution is -2.10. The summed E-state index contributed by atoms with van der Waals surface area (Å²) < 4.78 is 27.3. The summed E-state index contributed by atoms with van der Waals surface area (Å²) in [6.07, 6.45) is 2.84. The van der Waals surface area contributed by atoms with Gasteiger partial charge in [-0.25, -0.2) is 13.1 Å². The van der Waals surface area contributed by atoms with E-state index in [2.05, 4.69) is 15.4 Å². The van der Waals surface area contributed by atoms with Gasteiger partial charge in [-0.05, 0) is 31.3 Å². The molecule has 124 valence electrons. The molecule has 0 saturated carbocycles. The molecular weight excluding hydrogens is 348 g/mol. The second kappa shape index (κ2) is 6.72. The highest BCUT2D eigenvalue weighted by atomic mass is 35.5. The van der Waals surface area contributed by atoms with E-state index in [0.717, 1.165) is 0 Å². The first-order valence-electron chi connectivity index (χ1n) is 7.17. The predicted molar refractivity (Wildman–Crippen MR) is 91.0 cm³/mol. The van der Waals surface area contributed by atoms with Crippen LogP contribution < -0.4 is 5.32 Å². The number of pyridine rings is 1. The number of sulfone groups is 1. The summed E-state index contributed by atoms with van der Waals surface area (Å²) in [5.74, 6) is 0. The molecule has 3 aromatic rings. The summed E-state index contributed by atoms with van der Waals surface area (Å²) in [5, 5.41) is 7.82. The third-order valence-corrected chi connectivity index (χ3v) is 5.41. The van der Waals surface area contributed by atoms with E-state index in [1.54, 1.807) is 43.4 Å². The Hall–Kier alpha value is -2.22. The van der Waals surface area contributed by atoms with Crippen LogP contribution in [0.25, 0.3) is 5.69 Å². The van der Waals surface area contributed by atoms with Crippen molar-refractivity contribution < 1.29 is 8.42 Å². The molecule has 0 aliphatic rings. The van der Waals surface area contributed by atoms with E-state index < -0.39 is 9.84 Å². The summed E-state index contributed by atoms with van der Waals surface area (Å²) in [4.78, 5) is 4.00. The second-order valence-electron chi connectivity index (χ2n) is 5.06. The first kappa shape index (κ1) is 16.6. The zero-order valence-corrected chi connectivity index (χ0v) is 14.4. The Morgan fingerprint density at radius 2 is 2.00 bits per heavy atom. The standard InChI is InChI=1S/C16H15ClN4O2S/c1-18-10-12-9-16(24(22,23)13-5-4-8-19-11-13)21(20-12)15-7-3-2-6-14(15)17/h2-9,11,18H,10H2,1H3. The normalized spacial score (nSPS) is 11.6. The zero-order valence-electron chi connectivity index (χ0n) is 12.8. The van der Waals surface area contributed by atoms with E-state index in [1.807, 2.05) is 0 Å². The molecule has 8 heteroatoms. The van der Waals surface area contributed by atoms with Crippen LogP contribution in [0.4, 0.5) is 0 Å². The van der Waals surface area contributed by atoms with Crippen molar-refractivity contribution in [3.8, 4) is 5.69 Å². The van der Waals surface area contributed by atoms with Crippen LogP contribution in [0, 0.1) is 0 Å². The van der Waals surface area contributed by atoms with Gasteiger partial charge in [0.05, 0.1) is 21.3 Å². The molecule has 2 heterocycles. The van der Waals surface area contributed by atoms with E-state index in [9.17, 15) is 8.42 Å². The SMILES string of the molecule is CNCc1cc(S(=O)(=O)c2cccnc2)n(-c2ccccc2Cl)n1. The molecule has 0 amide bonds. The van der Waals surface area contributed by atoms with E-state index in [4.69, 9.17) is 11.6 Å². The number of aromatic nitrogens is 3. The third-order valence-electron chi connectivity index (χ3n) is 3.39. The Bertz CT molecular complexity index is 955. The van der Waals surface area contributed by atoms with E-state index in [0.29, 0.717) is 22.9 Å². The maximum atomic E-state index is 13.0. The number of rotatable bonds is 5. The summed E-state index contributed by atoms with van der Waals surface area (Å²) in [5.41, 5.74) is 1.10. The first-order valence-corrected chi connectivity index (χ1v) is 9.03. The van der Waals surface area contributed by atoms with Crippen LogP contribution in [0.5, 0.6) is 0 Å². The number of halogens is 1. The zero-order chi connectivity index (χ0) is 17.2. The average molecular weight is 363 g/mol. The minimum absolute atomic E-state index is 0.0499. The molecule has 0 atom stereocenters. The topological polar surface area (TPSA) is 76.9 Å². The van der Waals surface area contributed by atoms with Crippen LogP contribution in [-0.4, -0.2) is 30.2 Å². The van der Waals surface area contributed by atoms with Crippen molar-refractivity contribution in [2.75, 3.05) is 7.05 Å². The average Bonchev–Trinajstić information content (AvgIpc) is 3.01. The van der Waals surface area contributed by atoms with Crippen molar-refractivity contribution in [1.82, 2.24) is 20.1 Å². The molecule has 1 aromatic carbocycles. The Kier molecular flexibility index (Phi) is 4.66. The maximum Gasteiger partial charge on any atom is 0.225 e. The highest BCUT2D eigenvalue weighted by Crippen LogP contribution is 2.27. The van der Waals surface area contributed by atoms with Crippen LogP contribution in [0.1, 0.15) is 5.69 Å². The van der Waals surface area contributed by atoms with Gasteiger partial charge in [-0.3, -0.25) is 4.98 Å². The van der Waals surface area contributed by atoms with Crippen LogP contribution in [0.15, 0.2) is 64.8 Å². The van der Waals surface area contributed by atoms with E-state index in [1.165, 1.54) is 23.1 Å². The molecule has 6 nitrogen and oxygen atoms in total. The van der Waals surface area contributed by atoms with Gasteiger partial charge in [-0.1, -0.05) is 23.7 Å². The maximum absolute atomic E-state index is 13.0. The van der Waals surface area contributed by atoms with Gasteiger partial charge in [0.2, 0.25) is 9.84 Å². The van der Waals surface area contributed by atoms with Crippen LogP contribution in [-0.2, 0) is 16.4 Å². The molecule has 0 aliphatic heterocycles. The number of nitrogens with zero attached hydrogens (tertiary/aromatic N) is 3. The van der Waals surface area contributed by atoms with Crippen molar-refractivity contribution in [3.05, 3.63) is 65.6 Å². The largest absolute Gasteiger partial charge is 0.314 e. The molecule has 3 rings (SSSR count). The number of nitrogens with one attached hydrogen (secondary N) is 1. The molecule has 1 N–H and O–H groups in total. The van der Waals surface area contributed by atoms with Gasteiger partial charge >= 0.3 is 0 Å². The van der Waals surface area contributed by atoms with Crippen LogP contribution >= 0.6 is 11.6 Å². The van der Waals surface area contributed by atoms with Crippen molar-refractivity contribution >= 4 is 21.4 Å². The molecule has 0 bridgehead atoms. The van der Waals surface area contributed by atoms with Gasteiger partial charge in [0, 0.05) is 25.0 Å². The lowest BCUT2D eigenvalue weighted by molar-refractivity contribution is 0.585. The number of hydrogen-bond acceptors (Lipinski definition) is 5. The Labute approximate surface area is 145 Å². The minimum atomic E-state index is -3.78. The Morgan fingerprint density at radius 3 is 2.67 bits per heavy atom. The number of para-hydroxylation sites is 1. The molecule has 0 radical (unpaired) electrons. The molecule has 0 spiro atoms. The first-order chi connectivity index (χ1) is 11.5.